The van der Waals surface area contributed by atoms with E-state index < -0.39 is 23.5 Å². The van der Waals surface area contributed by atoms with E-state index in [0.29, 0.717) is 0 Å². The summed E-state index contributed by atoms with van der Waals surface area (Å²) in [6, 6.07) is 5.15. The van der Waals surface area contributed by atoms with Crippen LogP contribution in [0.4, 0.5) is 13.2 Å². The Labute approximate surface area is 125 Å². The average Bonchev–Trinajstić information content (AvgIpc) is 2.42. The number of hydrogen-bond donors (Lipinski definition) is 1. The largest absolute Gasteiger partial charge is 0.497 e. The van der Waals surface area contributed by atoms with Crippen LogP contribution in [-0.2, 0) is 6.42 Å². The first-order valence-corrected chi connectivity index (χ1v) is 6.53. The van der Waals surface area contributed by atoms with Gasteiger partial charge in [0.05, 0.1) is 7.11 Å². The molecule has 1 unspecified atom stereocenters. The number of rotatable bonds is 4. The second kappa shape index (κ2) is 6.37. The maximum absolute atomic E-state index is 13.9. The third-order valence-corrected chi connectivity index (χ3v) is 3.50. The minimum absolute atomic E-state index is 0.0462. The van der Waals surface area contributed by atoms with Crippen LogP contribution >= 0.6 is 11.6 Å². The summed E-state index contributed by atoms with van der Waals surface area (Å²) in [6.07, 6.45) is -0.119. The first kappa shape index (κ1) is 15.7. The molecule has 0 amide bonds. The Morgan fingerprint density at radius 3 is 2.29 bits per heavy atom. The topological polar surface area (TPSA) is 35.2 Å². The van der Waals surface area contributed by atoms with E-state index in [9.17, 15) is 13.2 Å². The fourth-order valence-corrected chi connectivity index (χ4v) is 2.32. The van der Waals surface area contributed by atoms with E-state index in [1.807, 2.05) is 0 Å². The molecular formula is C15H13ClF3NO. The van der Waals surface area contributed by atoms with Gasteiger partial charge >= 0.3 is 0 Å². The summed E-state index contributed by atoms with van der Waals surface area (Å²) >= 11 is 5.89. The van der Waals surface area contributed by atoms with Crippen LogP contribution in [0.2, 0.25) is 5.02 Å². The Bertz CT molecular complexity index is 620. The Morgan fingerprint density at radius 2 is 1.76 bits per heavy atom. The first-order chi connectivity index (χ1) is 9.93. The zero-order chi connectivity index (χ0) is 15.6. The van der Waals surface area contributed by atoms with Crippen LogP contribution in [0.5, 0.6) is 5.75 Å². The molecule has 2 rings (SSSR count). The van der Waals surface area contributed by atoms with Gasteiger partial charge in [-0.1, -0.05) is 17.7 Å². The first-order valence-electron chi connectivity index (χ1n) is 6.15. The van der Waals surface area contributed by atoms with Gasteiger partial charge in [-0.05, 0) is 18.6 Å². The average molecular weight is 316 g/mol. The van der Waals surface area contributed by atoms with Crippen LogP contribution in [0.3, 0.4) is 0 Å². The fraction of sp³-hybridized carbons (Fsp3) is 0.200. The van der Waals surface area contributed by atoms with E-state index in [-0.39, 0.29) is 28.3 Å². The number of hydrogen-bond acceptors (Lipinski definition) is 2. The quantitative estimate of drug-likeness (QED) is 0.925. The molecule has 0 spiro atoms. The highest BCUT2D eigenvalue weighted by molar-refractivity contribution is 6.31. The molecule has 0 saturated heterocycles. The number of ether oxygens (including phenoxy) is 1. The number of benzene rings is 2. The molecule has 1 atom stereocenters. The van der Waals surface area contributed by atoms with Gasteiger partial charge in [0.2, 0.25) is 0 Å². The highest BCUT2D eigenvalue weighted by atomic mass is 35.5. The molecule has 0 aliphatic heterocycles. The number of methoxy groups -OCH3 is 1. The van der Waals surface area contributed by atoms with E-state index in [4.69, 9.17) is 22.1 Å². The van der Waals surface area contributed by atoms with Crippen LogP contribution in [0.1, 0.15) is 17.2 Å². The highest BCUT2D eigenvalue weighted by Crippen LogP contribution is 2.29. The Hall–Kier alpha value is -1.72. The van der Waals surface area contributed by atoms with Crippen LogP contribution in [0.25, 0.3) is 0 Å². The molecule has 2 aromatic rings. The minimum Gasteiger partial charge on any atom is -0.497 e. The molecule has 2 N–H and O–H groups in total. The molecule has 0 aliphatic rings. The van der Waals surface area contributed by atoms with Crippen molar-refractivity contribution in [1.29, 1.82) is 0 Å². The van der Waals surface area contributed by atoms with Crippen molar-refractivity contribution in [2.45, 2.75) is 12.5 Å². The van der Waals surface area contributed by atoms with E-state index in [1.165, 1.54) is 25.3 Å². The lowest BCUT2D eigenvalue weighted by atomic mass is 9.98. The van der Waals surface area contributed by atoms with Gasteiger partial charge in [0, 0.05) is 34.3 Å². The zero-order valence-corrected chi connectivity index (χ0v) is 11.9. The van der Waals surface area contributed by atoms with Crippen molar-refractivity contribution < 1.29 is 17.9 Å². The molecule has 0 heterocycles. The number of nitrogens with two attached hydrogens (primary N) is 1. The second-order valence-corrected chi connectivity index (χ2v) is 4.92. The summed E-state index contributed by atoms with van der Waals surface area (Å²) in [6.45, 7) is 0. The smallest absolute Gasteiger partial charge is 0.134 e. The maximum atomic E-state index is 13.9. The summed E-state index contributed by atoms with van der Waals surface area (Å²) in [7, 11) is 1.30. The molecule has 0 aromatic heterocycles. The Morgan fingerprint density at radius 1 is 1.14 bits per heavy atom. The molecular weight excluding hydrogens is 303 g/mol. The van der Waals surface area contributed by atoms with Crippen molar-refractivity contribution in [3.8, 4) is 5.75 Å². The van der Waals surface area contributed by atoms with Crippen molar-refractivity contribution in [2.24, 2.45) is 5.73 Å². The molecule has 2 aromatic carbocycles. The van der Waals surface area contributed by atoms with Crippen LogP contribution < -0.4 is 10.5 Å². The van der Waals surface area contributed by atoms with Crippen LogP contribution in [-0.4, -0.2) is 7.11 Å². The maximum Gasteiger partial charge on any atom is 0.134 e. The van der Waals surface area contributed by atoms with E-state index in [0.717, 1.165) is 12.1 Å². The van der Waals surface area contributed by atoms with Crippen molar-refractivity contribution in [2.75, 3.05) is 7.11 Å². The lowest BCUT2D eigenvalue weighted by Gasteiger charge is -2.16. The van der Waals surface area contributed by atoms with Crippen molar-refractivity contribution in [1.82, 2.24) is 0 Å². The summed E-state index contributed by atoms with van der Waals surface area (Å²) in [5.41, 5.74) is 5.61. The fourth-order valence-electron chi connectivity index (χ4n) is 2.08. The SMILES string of the molecule is COc1cc(F)c(C(N)Cc2c(F)cccc2Cl)c(F)c1. The molecule has 0 aliphatic carbocycles. The van der Waals surface area contributed by atoms with Gasteiger partial charge in [-0.15, -0.1) is 0 Å². The molecule has 6 heteroatoms. The predicted molar refractivity (Wildman–Crippen MR) is 75.0 cm³/mol. The molecule has 0 bridgehead atoms. The van der Waals surface area contributed by atoms with Gasteiger partial charge in [-0.25, -0.2) is 13.2 Å². The summed E-state index contributed by atoms with van der Waals surface area (Å²) in [5, 5.41) is 0.166. The lowest BCUT2D eigenvalue weighted by molar-refractivity contribution is 0.403. The van der Waals surface area contributed by atoms with Gasteiger partial charge in [0.15, 0.2) is 0 Å². The second-order valence-electron chi connectivity index (χ2n) is 4.52. The molecule has 21 heavy (non-hydrogen) atoms. The van der Waals surface area contributed by atoms with Gasteiger partial charge in [-0.2, -0.15) is 0 Å². The Kier molecular flexibility index (Phi) is 4.75. The van der Waals surface area contributed by atoms with Crippen LogP contribution in [0.15, 0.2) is 30.3 Å². The van der Waals surface area contributed by atoms with E-state index in [1.54, 1.807) is 0 Å². The van der Waals surface area contributed by atoms with Crippen molar-refractivity contribution in [3.63, 3.8) is 0 Å². The predicted octanol–water partition coefficient (Wildman–Crippen LogP) is 4.01. The minimum atomic E-state index is -1.06. The molecule has 2 nitrogen and oxygen atoms in total. The normalized spacial score (nSPS) is 12.3. The van der Waals surface area contributed by atoms with Gasteiger partial charge in [-0.3, -0.25) is 0 Å². The summed E-state index contributed by atoms with van der Waals surface area (Å²) in [5.74, 6) is -2.20. The monoisotopic (exact) mass is 315 g/mol. The molecule has 0 saturated carbocycles. The van der Waals surface area contributed by atoms with E-state index >= 15 is 0 Å². The van der Waals surface area contributed by atoms with Gasteiger partial charge < -0.3 is 10.5 Å². The van der Waals surface area contributed by atoms with Gasteiger partial charge in [0.1, 0.15) is 23.2 Å². The molecule has 0 fully saturated rings. The third kappa shape index (κ3) is 3.31. The standard InChI is InChI=1S/C15H13ClF3NO/c1-21-8-5-12(18)15(13(19)6-8)14(20)7-9-10(16)3-2-4-11(9)17/h2-6,14H,7,20H2,1H3. The van der Waals surface area contributed by atoms with Crippen LogP contribution in [0, 0.1) is 17.5 Å². The number of halogens is 4. The third-order valence-electron chi connectivity index (χ3n) is 3.14. The van der Waals surface area contributed by atoms with Crippen molar-refractivity contribution in [3.05, 3.63) is 63.9 Å². The summed E-state index contributed by atoms with van der Waals surface area (Å²) in [4.78, 5) is 0. The molecule has 0 radical (unpaired) electrons. The Balaban J connectivity index is 2.35. The zero-order valence-electron chi connectivity index (χ0n) is 11.2. The van der Waals surface area contributed by atoms with Crippen molar-refractivity contribution >= 4 is 11.6 Å². The molecule has 112 valence electrons. The van der Waals surface area contributed by atoms with Gasteiger partial charge in [0.25, 0.3) is 0 Å². The lowest BCUT2D eigenvalue weighted by Crippen LogP contribution is -2.18. The summed E-state index contributed by atoms with van der Waals surface area (Å²) < 4.78 is 46.3. The highest BCUT2D eigenvalue weighted by Gasteiger charge is 2.21. The van der Waals surface area contributed by atoms with E-state index in [2.05, 4.69) is 0 Å².